The maximum atomic E-state index is 13.1. The number of hydrogen-bond donors (Lipinski definition) is 0. The SMILES string of the molecule is COC1=C(C)C(=O)O[C@]12C(=O)CC[C@@]21CCC(=O)N1Cc1ccc(OC)cc1. The van der Waals surface area contributed by atoms with Gasteiger partial charge >= 0.3 is 5.97 Å². The minimum atomic E-state index is -1.54. The number of carbonyl (C=O) groups is 3. The number of esters is 1. The van der Waals surface area contributed by atoms with E-state index < -0.39 is 17.1 Å². The van der Waals surface area contributed by atoms with Gasteiger partial charge in [0, 0.05) is 19.4 Å². The number of likely N-dealkylation sites (tertiary alicyclic amines) is 1. The highest BCUT2D eigenvalue weighted by Gasteiger charge is 2.73. The number of carbonyl (C=O) groups excluding carboxylic acids is 3. The molecule has 2 atom stereocenters. The lowest BCUT2D eigenvalue weighted by Gasteiger charge is -2.44. The Hall–Kier alpha value is -2.83. The molecule has 2 aliphatic heterocycles. The summed E-state index contributed by atoms with van der Waals surface area (Å²) in [5.74, 6) is 0.151. The summed E-state index contributed by atoms with van der Waals surface area (Å²) in [7, 11) is 3.03. The van der Waals surface area contributed by atoms with Crippen molar-refractivity contribution in [3.05, 3.63) is 41.2 Å². The Bertz CT molecular complexity index is 885. The fourth-order valence-electron chi connectivity index (χ4n) is 4.94. The number of amides is 1. The molecule has 4 rings (SSSR count). The van der Waals surface area contributed by atoms with E-state index in [1.807, 2.05) is 24.3 Å². The molecule has 0 N–H and O–H groups in total. The molecule has 1 amide bonds. The molecule has 0 unspecified atom stereocenters. The summed E-state index contributed by atoms with van der Waals surface area (Å²) in [6.45, 7) is 1.92. The van der Waals surface area contributed by atoms with E-state index in [-0.39, 0.29) is 23.9 Å². The molecule has 7 heteroatoms. The third-order valence-electron chi connectivity index (χ3n) is 6.30. The fraction of sp³-hybridized carbons (Fsp3) is 0.476. The standard InChI is InChI=1S/C21H23NO6/c1-13-18(27-3)21(28-19(13)25)16(23)8-10-20(21)11-9-17(24)22(20)12-14-4-6-15(26-2)7-5-14/h4-7H,8-12H2,1-3H3/t20-,21-/m1/s1. The van der Waals surface area contributed by atoms with Crippen LogP contribution in [0.3, 0.4) is 0 Å². The van der Waals surface area contributed by atoms with Crippen molar-refractivity contribution in [2.45, 2.75) is 50.3 Å². The predicted molar refractivity (Wildman–Crippen MR) is 98.3 cm³/mol. The largest absolute Gasteiger partial charge is 0.497 e. The Kier molecular flexibility index (Phi) is 4.21. The maximum absolute atomic E-state index is 13.1. The van der Waals surface area contributed by atoms with Crippen molar-refractivity contribution >= 4 is 17.7 Å². The number of benzene rings is 1. The second kappa shape index (κ2) is 6.36. The Balaban J connectivity index is 1.78. The molecule has 1 saturated heterocycles. The quantitative estimate of drug-likeness (QED) is 0.739. The third kappa shape index (κ3) is 2.25. The first kappa shape index (κ1) is 18.5. The fourth-order valence-corrected chi connectivity index (χ4v) is 4.94. The summed E-state index contributed by atoms with van der Waals surface area (Å²) in [4.78, 5) is 40.0. The molecule has 0 aromatic heterocycles. The van der Waals surface area contributed by atoms with Gasteiger partial charge in [0.2, 0.25) is 11.5 Å². The number of ether oxygens (including phenoxy) is 3. The van der Waals surface area contributed by atoms with Crippen LogP contribution in [-0.2, 0) is 30.4 Å². The molecule has 28 heavy (non-hydrogen) atoms. The third-order valence-corrected chi connectivity index (χ3v) is 6.30. The van der Waals surface area contributed by atoms with Crippen molar-refractivity contribution < 1.29 is 28.6 Å². The lowest BCUT2D eigenvalue weighted by atomic mass is 9.78. The molecule has 2 heterocycles. The zero-order chi connectivity index (χ0) is 20.1. The average Bonchev–Trinajstić information content (AvgIpc) is 3.26. The van der Waals surface area contributed by atoms with Gasteiger partial charge in [0.15, 0.2) is 11.5 Å². The highest BCUT2D eigenvalue weighted by atomic mass is 16.6. The molecule has 0 radical (unpaired) electrons. The van der Waals surface area contributed by atoms with Crippen molar-refractivity contribution in [2.24, 2.45) is 0 Å². The highest BCUT2D eigenvalue weighted by Crippen LogP contribution is 2.56. The minimum Gasteiger partial charge on any atom is -0.497 e. The van der Waals surface area contributed by atoms with Crippen LogP contribution in [0.2, 0.25) is 0 Å². The van der Waals surface area contributed by atoms with Crippen molar-refractivity contribution in [1.82, 2.24) is 4.90 Å². The van der Waals surface area contributed by atoms with Gasteiger partial charge in [-0.15, -0.1) is 0 Å². The monoisotopic (exact) mass is 385 g/mol. The van der Waals surface area contributed by atoms with Crippen LogP contribution in [0.25, 0.3) is 0 Å². The van der Waals surface area contributed by atoms with Crippen LogP contribution in [0.1, 0.15) is 38.2 Å². The number of methoxy groups -OCH3 is 2. The van der Waals surface area contributed by atoms with E-state index in [2.05, 4.69) is 0 Å². The van der Waals surface area contributed by atoms with Crippen LogP contribution in [0.15, 0.2) is 35.6 Å². The number of hydrogen-bond acceptors (Lipinski definition) is 6. The first-order valence-electron chi connectivity index (χ1n) is 9.35. The van der Waals surface area contributed by atoms with E-state index in [1.165, 1.54) is 7.11 Å². The van der Waals surface area contributed by atoms with Crippen LogP contribution in [0.4, 0.5) is 0 Å². The number of fused-ring (bicyclic) bond motifs is 1. The second-order valence-electron chi connectivity index (χ2n) is 7.51. The topological polar surface area (TPSA) is 82.1 Å². The van der Waals surface area contributed by atoms with Crippen molar-refractivity contribution in [2.75, 3.05) is 14.2 Å². The second-order valence-corrected chi connectivity index (χ2v) is 7.51. The van der Waals surface area contributed by atoms with Gasteiger partial charge < -0.3 is 19.1 Å². The van der Waals surface area contributed by atoms with Gasteiger partial charge in [0.25, 0.3) is 0 Å². The molecule has 2 spiro atoms. The molecule has 148 valence electrons. The van der Waals surface area contributed by atoms with Gasteiger partial charge in [-0.1, -0.05) is 12.1 Å². The molecule has 2 fully saturated rings. The van der Waals surface area contributed by atoms with Gasteiger partial charge in [0.05, 0.1) is 25.3 Å². The van der Waals surface area contributed by atoms with Gasteiger partial charge in [-0.05, 0) is 37.5 Å². The molecule has 1 saturated carbocycles. The van der Waals surface area contributed by atoms with Crippen molar-refractivity contribution in [1.29, 1.82) is 0 Å². The number of Topliss-reactive ketones (excluding diaryl/α,β-unsaturated/α-hetero) is 1. The van der Waals surface area contributed by atoms with Crippen LogP contribution in [0.5, 0.6) is 5.75 Å². The molecule has 3 aliphatic rings. The molecular formula is C21H23NO6. The minimum absolute atomic E-state index is 0.0547. The van der Waals surface area contributed by atoms with Crippen LogP contribution < -0.4 is 4.74 Å². The maximum Gasteiger partial charge on any atom is 0.338 e. The Morgan fingerprint density at radius 2 is 1.71 bits per heavy atom. The van der Waals surface area contributed by atoms with Crippen LogP contribution in [-0.4, -0.2) is 47.9 Å². The molecule has 0 bridgehead atoms. The van der Waals surface area contributed by atoms with Crippen molar-refractivity contribution in [3.8, 4) is 5.75 Å². The zero-order valence-corrected chi connectivity index (χ0v) is 16.2. The van der Waals surface area contributed by atoms with Gasteiger partial charge in [-0.3, -0.25) is 9.59 Å². The van der Waals surface area contributed by atoms with E-state index in [1.54, 1.807) is 18.9 Å². The smallest absolute Gasteiger partial charge is 0.338 e. The molecule has 1 aromatic carbocycles. The number of nitrogens with zero attached hydrogens (tertiary/aromatic N) is 1. The zero-order valence-electron chi connectivity index (χ0n) is 16.2. The van der Waals surface area contributed by atoms with Gasteiger partial charge in [-0.25, -0.2) is 4.79 Å². The van der Waals surface area contributed by atoms with E-state index >= 15 is 0 Å². The first-order chi connectivity index (χ1) is 13.4. The van der Waals surface area contributed by atoms with E-state index in [4.69, 9.17) is 14.2 Å². The molecule has 7 nitrogen and oxygen atoms in total. The number of rotatable bonds is 4. The Morgan fingerprint density at radius 3 is 2.36 bits per heavy atom. The molecule has 1 aromatic rings. The summed E-state index contributed by atoms with van der Waals surface area (Å²) >= 11 is 0. The van der Waals surface area contributed by atoms with Gasteiger partial charge in [-0.2, -0.15) is 0 Å². The van der Waals surface area contributed by atoms with E-state index in [0.29, 0.717) is 31.4 Å². The number of ketones is 1. The summed E-state index contributed by atoms with van der Waals surface area (Å²) in [5, 5.41) is 0. The highest BCUT2D eigenvalue weighted by molar-refractivity contribution is 6.05. The first-order valence-corrected chi connectivity index (χ1v) is 9.35. The lowest BCUT2D eigenvalue weighted by molar-refractivity contribution is -0.170. The summed E-state index contributed by atoms with van der Waals surface area (Å²) in [6.07, 6.45) is 1.43. The summed E-state index contributed by atoms with van der Waals surface area (Å²) < 4.78 is 16.4. The summed E-state index contributed by atoms with van der Waals surface area (Å²) in [5.41, 5.74) is -1.25. The van der Waals surface area contributed by atoms with Crippen LogP contribution >= 0.6 is 0 Å². The summed E-state index contributed by atoms with van der Waals surface area (Å²) in [6, 6.07) is 7.44. The van der Waals surface area contributed by atoms with E-state index in [0.717, 1.165) is 11.3 Å². The molecular weight excluding hydrogens is 362 g/mol. The van der Waals surface area contributed by atoms with Crippen LogP contribution in [0, 0.1) is 0 Å². The van der Waals surface area contributed by atoms with Crippen molar-refractivity contribution in [3.63, 3.8) is 0 Å². The average molecular weight is 385 g/mol. The normalized spacial score (nSPS) is 29.4. The van der Waals surface area contributed by atoms with E-state index in [9.17, 15) is 14.4 Å². The Morgan fingerprint density at radius 1 is 1.04 bits per heavy atom. The predicted octanol–water partition coefficient (Wildman–Crippen LogP) is 2.14. The Labute approximate surface area is 163 Å². The lowest BCUT2D eigenvalue weighted by Crippen LogP contribution is -2.62. The molecule has 1 aliphatic carbocycles. The van der Waals surface area contributed by atoms with Gasteiger partial charge in [0.1, 0.15) is 5.75 Å².